The zero-order chi connectivity index (χ0) is 13.1. The van der Waals surface area contributed by atoms with Crippen LogP contribution in [-0.4, -0.2) is 17.3 Å². The number of alkyl halides is 1. The van der Waals surface area contributed by atoms with Crippen molar-refractivity contribution < 1.29 is 9.21 Å². The third kappa shape index (κ3) is 4.36. The van der Waals surface area contributed by atoms with E-state index in [9.17, 15) is 4.79 Å². The van der Waals surface area contributed by atoms with Gasteiger partial charge in [0.25, 0.3) is 5.91 Å². The van der Waals surface area contributed by atoms with Gasteiger partial charge in [-0.3, -0.25) is 4.79 Å². The summed E-state index contributed by atoms with van der Waals surface area (Å²) in [4.78, 5) is 11.9. The molecule has 3 nitrogen and oxygen atoms in total. The largest absolute Gasteiger partial charge is 0.440 e. The Morgan fingerprint density at radius 1 is 1.53 bits per heavy atom. The van der Waals surface area contributed by atoms with E-state index in [0.717, 1.165) is 11.8 Å². The third-order valence-corrected chi connectivity index (χ3v) is 3.21. The molecule has 96 valence electrons. The van der Waals surface area contributed by atoms with Crippen molar-refractivity contribution in [3.8, 4) is 0 Å². The van der Waals surface area contributed by atoms with Gasteiger partial charge in [0.2, 0.25) is 0 Å². The molecule has 1 aromatic heterocycles. The molecule has 1 atom stereocenters. The average Bonchev–Trinajstić information content (AvgIpc) is 2.62. The third-order valence-electron chi connectivity index (χ3n) is 2.55. The molecule has 1 unspecified atom stereocenters. The lowest BCUT2D eigenvalue weighted by atomic mass is 9.85. The van der Waals surface area contributed by atoms with Crippen LogP contribution in [0.25, 0.3) is 0 Å². The highest BCUT2D eigenvalue weighted by molar-refractivity contribution is 9.09. The van der Waals surface area contributed by atoms with E-state index in [1.165, 1.54) is 0 Å². The molecule has 0 aliphatic carbocycles. The first kappa shape index (κ1) is 14.6. The van der Waals surface area contributed by atoms with Crippen LogP contribution in [0.3, 0.4) is 0 Å². The van der Waals surface area contributed by atoms with Crippen LogP contribution in [0.2, 0.25) is 5.22 Å². The fourth-order valence-corrected chi connectivity index (χ4v) is 2.10. The minimum Gasteiger partial charge on any atom is -0.440 e. The van der Waals surface area contributed by atoms with Crippen LogP contribution in [0.4, 0.5) is 0 Å². The molecule has 0 saturated heterocycles. The lowest BCUT2D eigenvalue weighted by Crippen LogP contribution is -2.43. The summed E-state index contributed by atoms with van der Waals surface area (Å²) in [5.74, 6) is 0.0246. The summed E-state index contributed by atoms with van der Waals surface area (Å²) in [6, 6.07) is 3.22. The van der Waals surface area contributed by atoms with Crippen molar-refractivity contribution in [1.82, 2.24) is 5.32 Å². The zero-order valence-electron chi connectivity index (χ0n) is 10.2. The highest BCUT2D eigenvalue weighted by atomic mass is 79.9. The highest BCUT2D eigenvalue weighted by Gasteiger charge is 2.26. The quantitative estimate of drug-likeness (QED) is 0.855. The van der Waals surface area contributed by atoms with Crippen molar-refractivity contribution in [3.05, 3.63) is 23.1 Å². The van der Waals surface area contributed by atoms with Gasteiger partial charge in [-0.1, -0.05) is 36.7 Å². The Bertz CT molecular complexity index is 384. The molecular formula is C12H17BrClNO2. The number of carbonyl (C=O) groups is 1. The van der Waals surface area contributed by atoms with Crippen molar-refractivity contribution in [1.29, 1.82) is 0 Å². The number of furan rings is 1. The average molecular weight is 323 g/mol. The second-order valence-corrected chi connectivity index (χ2v) is 6.14. The van der Waals surface area contributed by atoms with E-state index in [-0.39, 0.29) is 28.3 Å². The lowest BCUT2D eigenvalue weighted by Gasteiger charge is -2.30. The Hall–Kier alpha value is -0.480. The summed E-state index contributed by atoms with van der Waals surface area (Å²) < 4.78 is 5.08. The Morgan fingerprint density at radius 3 is 2.59 bits per heavy atom. The molecule has 0 aromatic carbocycles. The van der Waals surface area contributed by atoms with Crippen molar-refractivity contribution in [2.75, 3.05) is 5.33 Å². The van der Waals surface area contributed by atoms with Gasteiger partial charge >= 0.3 is 0 Å². The van der Waals surface area contributed by atoms with Crippen molar-refractivity contribution in [2.24, 2.45) is 5.41 Å². The van der Waals surface area contributed by atoms with E-state index >= 15 is 0 Å². The maximum Gasteiger partial charge on any atom is 0.287 e. The Labute approximate surface area is 115 Å². The fraction of sp³-hybridized carbons (Fsp3) is 0.583. The number of nitrogens with one attached hydrogen (secondary N) is 1. The first-order valence-electron chi connectivity index (χ1n) is 5.46. The smallest absolute Gasteiger partial charge is 0.287 e. The van der Waals surface area contributed by atoms with Gasteiger partial charge in [0.05, 0.1) is 0 Å². The summed E-state index contributed by atoms with van der Waals surface area (Å²) >= 11 is 9.03. The molecule has 0 spiro atoms. The van der Waals surface area contributed by atoms with E-state index < -0.39 is 0 Å². The van der Waals surface area contributed by atoms with Gasteiger partial charge in [-0.25, -0.2) is 0 Å². The maximum atomic E-state index is 11.9. The van der Waals surface area contributed by atoms with E-state index in [4.69, 9.17) is 16.0 Å². The number of halogens is 2. The molecule has 0 radical (unpaired) electrons. The molecule has 0 bridgehead atoms. The topological polar surface area (TPSA) is 42.2 Å². The normalized spacial score (nSPS) is 13.5. The first-order chi connectivity index (χ1) is 7.84. The molecule has 1 amide bonds. The standard InChI is InChI=1S/C12H17BrClNO2/c1-12(2,3)9(6-7-13)15-11(16)8-4-5-10(14)17-8/h4-5,9H,6-7H2,1-3H3,(H,15,16). The molecule has 0 aliphatic rings. The Morgan fingerprint density at radius 2 is 2.18 bits per heavy atom. The van der Waals surface area contributed by atoms with E-state index in [0.29, 0.717) is 0 Å². The number of rotatable bonds is 4. The van der Waals surface area contributed by atoms with Crippen LogP contribution in [0.15, 0.2) is 16.5 Å². The zero-order valence-corrected chi connectivity index (χ0v) is 12.6. The second kappa shape index (κ2) is 5.91. The van der Waals surface area contributed by atoms with Crippen molar-refractivity contribution in [3.63, 3.8) is 0 Å². The SMILES string of the molecule is CC(C)(C)C(CCBr)NC(=O)c1ccc(Cl)o1. The minimum absolute atomic E-state index is 0.000181. The van der Waals surface area contributed by atoms with Crippen LogP contribution in [0.5, 0.6) is 0 Å². The number of hydrogen-bond donors (Lipinski definition) is 1. The van der Waals surface area contributed by atoms with Gasteiger partial charge in [0.15, 0.2) is 11.0 Å². The Kier molecular flexibility index (Phi) is 5.07. The fourth-order valence-electron chi connectivity index (χ4n) is 1.50. The van der Waals surface area contributed by atoms with Gasteiger partial charge in [-0.15, -0.1) is 0 Å². The molecule has 5 heteroatoms. The van der Waals surface area contributed by atoms with Crippen molar-refractivity contribution >= 4 is 33.4 Å². The van der Waals surface area contributed by atoms with Gasteiger partial charge in [0, 0.05) is 11.4 Å². The number of amides is 1. The van der Waals surface area contributed by atoms with Gasteiger partial charge < -0.3 is 9.73 Å². The van der Waals surface area contributed by atoms with E-state index in [2.05, 4.69) is 42.0 Å². The Balaban J connectivity index is 2.71. The summed E-state index contributed by atoms with van der Waals surface area (Å²) in [7, 11) is 0. The van der Waals surface area contributed by atoms with E-state index in [1.807, 2.05) is 0 Å². The predicted octanol–water partition coefficient (Wildman–Crippen LogP) is 3.86. The summed E-state index contributed by atoms with van der Waals surface area (Å²) in [6.07, 6.45) is 0.865. The van der Waals surface area contributed by atoms with E-state index in [1.54, 1.807) is 12.1 Å². The van der Waals surface area contributed by atoms with Gasteiger partial charge in [0.1, 0.15) is 0 Å². The summed E-state index contributed by atoms with van der Waals surface area (Å²) in [5.41, 5.74) is -0.000181. The molecule has 0 saturated carbocycles. The van der Waals surface area contributed by atoms with Crippen LogP contribution in [-0.2, 0) is 0 Å². The van der Waals surface area contributed by atoms with Crippen molar-refractivity contribution in [2.45, 2.75) is 33.2 Å². The predicted molar refractivity (Wildman–Crippen MR) is 72.8 cm³/mol. The molecule has 1 N–H and O–H groups in total. The first-order valence-corrected chi connectivity index (χ1v) is 6.96. The molecule has 17 heavy (non-hydrogen) atoms. The molecular weight excluding hydrogens is 305 g/mol. The lowest BCUT2D eigenvalue weighted by molar-refractivity contribution is 0.0872. The molecule has 0 aliphatic heterocycles. The molecule has 1 heterocycles. The number of hydrogen-bond acceptors (Lipinski definition) is 2. The highest BCUT2D eigenvalue weighted by Crippen LogP contribution is 2.23. The molecule has 0 fully saturated rings. The molecule has 1 rings (SSSR count). The molecule has 1 aromatic rings. The maximum absolute atomic E-state index is 11.9. The number of carbonyl (C=O) groups excluding carboxylic acids is 1. The second-order valence-electron chi connectivity index (χ2n) is 4.97. The van der Waals surface area contributed by atoms with Gasteiger partial charge in [-0.05, 0) is 35.6 Å². The monoisotopic (exact) mass is 321 g/mol. The summed E-state index contributed by atoms with van der Waals surface area (Å²) in [5, 5.41) is 4.03. The minimum atomic E-state index is -0.224. The summed E-state index contributed by atoms with van der Waals surface area (Å²) in [6.45, 7) is 6.28. The van der Waals surface area contributed by atoms with Crippen LogP contribution in [0.1, 0.15) is 37.7 Å². The van der Waals surface area contributed by atoms with Gasteiger partial charge in [-0.2, -0.15) is 0 Å². The van der Waals surface area contributed by atoms with Crippen LogP contribution >= 0.6 is 27.5 Å². The van der Waals surface area contributed by atoms with Crippen LogP contribution < -0.4 is 5.32 Å². The van der Waals surface area contributed by atoms with Crippen LogP contribution in [0, 0.1) is 5.41 Å².